The van der Waals surface area contributed by atoms with E-state index in [1.54, 1.807) is 13.8 Å². The Kier molecular flexibility index (Phi) is 4.86. The molecule has 20 heavy (non-hydrogen) atoms. The van der Waals surface area contributed by atoms with Crippen molar-refractivity contribution < 1.29 is 13.2 Å². The molecule has 1 heterocycles. The maximum atomic E-state index is 12.2. The molecule has 1 rings (SSSR count). The van der Waals surface area contributed by atoms with E-state index in [-0.39, 0.29) is 16.5 Å². The molecule has 1 atom stereocenters. The van der Waals surface area contributed by atoms with Crippen LogP contribution in [0, 0.1) is 6.92 Å². The lowest BCUT2D eigenvalue weighted by Gasteiger charge is -2.27. The molecule has 0 bridgehead atoms. The van der Waals surface area contributed by atoms with Gasteiger partial charge in [0.25, 0.3) is 9.05 Å². The number of amides is 1. The zero-order chi connectivity index (χ0) is 15.7. The number of carbonyl (C=O) groups excluding carboxylic acids is 1. The quantitative estimate of drug-likeness (QED) is 0.841. The van der Waals surface area contributed by atoms with E-state index in [9.17, 15) is 13.2 Å². The monoisotopic (exact) mass is 321 g/mol. The van der Waals surface area contributed by atoms with E-state index in [0.717, 1.165) is 6.42 Å². The molecule has 1 aromatic rings. The Bertz CT molecular complexity index is 607. The highest BCUT2D eigenvalue weighted by Gasteiger charge is 2.25. The molecule has 0 saturated carbocycles. The first-order chi connectivity index (χ1) is 8.98. The Morgan fingerprint density at radius 3 is 2.50 bits per heavy atom. The third kappa shape index (κ3) is 3.96. The molecule has 0 fully saturated rings. The molecule has 8 heteroatoms. The number of rotatable bonds is 5. The Hall–Kier alpha value is -1.08. The summed E-state index contributed by atoms with van der Waals surface area (Å²) in [6.07, 6.45) is 2.07. The number of nitrogens with zero attached hydrogens (tertiary/aromatic N) is 2. The van der Waals surface area contributed by atoms with Crippen molar-refractivity contribution in [3.8, 4) is 0 Å². The first-order valence-electron chi connectivity index (χ1n) is 6.30. The number of hydrogen-bond acceptors (Lipinski definition) is 4. The van der Waals surface area contributed by atoms with E-state index in [2.05, 4.69) is 10.3 Å². The third-order valence-corrected chi connectivity index (χ3v) is 4.46. The molecule has 114 valence electrons. The highest BCUT2D eigenvalue weighted by Crippen LogP contribution is 2.19. The van der Waals surface area contributed by atoms with E-state index in [4.69, 9.17) is 10.7 Å². The Morgan fingerprint density at radius 2 is 2.10 bits per heavy atom. The van der Waals surface area contributed by atoms with Crippen molar-refractivity contribution in [1.82, 2.24) is 14.9 Å². The zero-order valence-corrected chi connectivity index (χ0v) is 13.8. The van der Waals surface area contributed by atoms with Gasteiger partial charge in [0.1, 0.15) is 11.9 Å². The van der Waals surface area contributed by atoms with Crippen LogP contribution in [0.2, 0.25) is 0 Å². The van der Waals surface area contributed by atoms with E-state index >= 15 is 0 Å². The smallest absolute Gasteiger partial charge is 0.280 e. The van der Waals surface area contributed by atoms with Crippen LogP contribution in [0.15, 0.2) is 11.2 Å². The summed E-state index contributed by atoms with van der Waals surface area (Å²) in [6.45, 7) is 9.13. The van der Waals surface area contributed by atoms with Crippen LogP contribution in [0.3, 0.4) is 0 Å². The van der Waals surface area contributed by atoms with Gasteiger partial charge in [0, 0.05) is 22.4 Å². The average Bonchev–Trinajstić information content (AvgIpc) is 2.69. The zero-order valence-electron chi connectivity index (χ0n) is 12.3. The summed E-state index contributed by atoms with van der Waals surface area (Å²) in [7, 11) is 1.36. The summed E-state index contributed by atoms with van der Waals surface area (Å²) in [5.41, 5.74) is -0.318. The molecule has 1 amide bonds. The van der Waals surface area contributed by atoms with E-state index in [0.29, 0.717) is 5.82 Å². The van der Waals surface area contributed by atoms with E-state index in [1.165, 1.54) is 10.8 Å². The fourth-order valence-corrected chi connectivity index (χ4v) is 2.32. The lowest BCUT2D eigenvalue weighted by Crippen LogP contribution is -2.45. The first kappa shape index (κ1) is 17.0. The van der Waals surface area contributed by atoms with Crippen LogP contribution in [0.1, 0.15) is 46.0 Å². The van der Waals surface area contributed by atoms with Gasteiger partial charge < -0.3 is 9.88 Å². The van der Waals surface area contributed by atoms with Crippen molar-refractivity contribution in [1.29, 1.82) is 0 Å². The van der Waals surface area contributed by atoms with Crippen LogP contribution in [0.25, 0.3) is 0 Å². The second kappa shape index (κ2) is 5.73. The van der Waals surface area contributed by atoms with Crippen LogP contribution in [-0.4, -0.2) is 29.4 Å². The van der Waals surface area contributed by atoms with Crippen molar-refractivity contribution in [2.24, 2.45) is 0 Å². The number of aryl methyl sites for hydroxylation is 1. The molecular weight excluding hydrogens is 302 g/mol. The Balaban J connectivity index is 3.01. The molecule has 1 unspecified atom stereocenters. The molecule has 0 aliphatic carbocycles. The predicted octanol–water partition coefficient (Wildman–Crippen LogP) is 1.98. The normalized spacial score (nSPS) is 14.1. The second-order valence-electron chi connectivity index (χ2n) is 5.37. The minimum Gasteiger partial charge on any atom is -0.349 e. The second-order valence-corrected chi connectivity index (χ2v) is 7.89. The van der Waals surface area contributed by atoms with Gasteiger partial charge in [-0.15, -0.1) is 0 Å². The highest BCUT2D eigenvalue weighted by molar-refractivity contribution is 8.13. The van der Waals surface area contributed by atoms with Crippen molar-refractivity contribution >= 4 is 25.6 Å². The van der Waals surface area contributed by atoms with Gasteiger partial charge in [-0.25, -0.2) is 13.4 Å². The lowest BCUT2D eigenvalue weighted by molar-refractivity contribution is -0.125. The summed E-state index contributed by atoms with van der Waals surface area (Å²) < 4.78 is 24.0. The molecule has 0 aliphatic rings. The summed E-state index contributed by atoms with van der Waals surface area (Å²) in [6, 6.07) is -0.569. The van der Waals surface area contributed by atoms with Crippen molar-refractivity contribution in [2.45, 2.75) is 57.6 Å². The summed E-state index contributed by atoms with van der Waals surface area (Å²) in [4.78, 5) is 16.1. The van der Waals surface area contributed by atoms with Crippen molar-refractivity contribution in [2.75, 3.05) is 0 Å². The fourth-order valence-electron chi connectivity index (χ4n) is 1.62. The van der Waals surface area contributed by atoms with Gasteiger partial charge in [0.15, 0.2) is 5.03 Å². The molecule has 0 aromatic carbocycles. The topological polar surface area (TPSA) is 81.1 Å². The number of imidazole rings is 1. The summed E-state index contributed by atoms with van der Waals surface area (Å²) >= 11 is 0. The van der Waals surface area contributed by atoms with Crippen LogP contribution in [0.4, 0.5) is 0 Å². The highest BCUT2D eigenvalue weighted by atomic mass is 35.7. The first-order valence-corrected chi connectivity index (χ1v) is 8.61. The van der Waals surface area contributed by atoms with Gasteiger partial charge in [-0.2, -0.15) is 0 Å². The minimum absolute atomic E-state index is 0.198. The predicted molar refractivity (Wildman–Crippen MR) is 77.2 cm³/mol. The summed E-state index contributed by atoms with van der Waals surface area (Å²) in [5, 5.41) is 2.67. The van der Waals surface area contributed by atoms with Crippen LogP contribution >= 0.6 is 10.7 Å². The molecular formula is C12H20ClN3O3S. The van der Waals surface area contributed by atoms with E-state index in [1.807, 2.05) is 20.8 Å². The third-order valence-electron chi connectivity index (χ3n) is 3.29. The molecule has 0 aliphatic heterocycles. The Labute approximate surface area is 123 Å². The van der Waals surface area contributed by atoms with Gasteiger partial charge in [-0.1, -0.05) is 6.92 Å². The number of hydrogen-bond donors (Lipinski definition) is 1. The van der Waals surface area contributed by atoms with Crippen molar-refractivity contribution in [3.05, 3.63) is 12.0 Å². The number of nitrogens with one attached hydrogen (secondary N) is 1. The average molecular weight is 322 g/mol. The molecule has 0 saturated heterocycles. The lowest BCUT2D eigenvalue weighted by atomic mass is 10.0. The molecule has 1 N–H and O–H groups in total. The molecule has 0 radical (unpaired) electrons. The Morgan fingerprint density at radius 1 is 1.55 bits per heavy atom. The van der Waals surface area contributed by atoms with Crippen LogP contribution in [-0.2, 0) is 13.8 Å². The van der Waals surface area contributed by atoms with Gasteiger partial charge in [-0.3, -0.25) is 4.79 Å². The molecule has 0 spiro atoms. The van der Waals surface area contributed by atoms with E-state index < -0.39 is 15.1 Å². The van der Waals surface area contributed by atoms with Gasteiger partial charge in [0.05, 0.1) is 0 Å². The maximum Gasteiger partial charge on any atom is 0.280 e. The fraction of sp³-hybridized carbons (Fsp3) is 0.667. The SMILES string of the molecule is CCC(C)(C)NC(=O)C(C)n1cc(S(=O)(=O)Cl)nc1C. The number of aromatic nitrogens is 2. The number of halogens is 1. The molecule has 1 aromatic heterocycles. The maximum absolute atomic E-state index is 12.2. The van der Waals surface area contributed by atoms with Gasteiger partial charge in [-0.05, 0) is 34.1 Å². The largest absolute Gasteiger partial charge is 0.349 e. The van der Waals surface area contributed by atoms with Gasteiger partial charge in [0.2, 0.25) is 5.91 Å². The van der Waals surface area contributed by atoms with Crippen molar-refractivity contribution in [3.63, 3.8) is 0 Å². The van der Waals surface area contributed by atoms with Crippen LogP contribution < -0.4 is 5.32 Å². The van der Waals surface area contributed by atoms with Gasteiger partial charge >= 0.3 is 0 Å². The number of carbonyl (C=O) groups is 1. The van der Waals surface area contributed by atoms with Crippen LogP contribution in [0.5, 0.6) is 0 Å². The minimum atomic E-state index is -3.89. The standard InChI is InChI=1S/C12H20ClN3O3S/c1-6-12(4,5)15-11(17)8(2)16-7-10(14-9(16)3)20(13,18)19/h7-8H,6H2,1-5H3,(H,15,17). The summed E-state index contributed by atoms with van der Waals surface area (Å²) in [5.74, 6) is 0.219. The molecule has 6 nitrogen and oxygen atoms in total.